The predicted octanol–water partition coefficient (Wildman–Crippen LogP) is 0.772. The molecule has 0 saturated carbocycles. The molecule has 0 bridgehead atoms. The average Bonchev–Trinajstić information content (AvgIpc) is 2.44. The molecule has 1 rings (SSSR count). The lowest BCUT2D eigenvalue weighted by Gasteiger charge is -2.31. The highest BCUT2D eigenvalue weighted by Gasteiger charge is 2.34. The number of rotatable bonds is 6. The first-order valence-corrected chi connectivity index (χ1v) is 8.47. The Morgan fingerprint density at radius 2 is 1.82 bits per heavy atom. The number of alkyl halides is 2. The van der Waals surface area contributed by atoms with E-state index in [4.69, 9.17) is 5.73 Å². The predicted molar refractivity (Wildman–Crippen MR) is 82.3 cm³/mol. The van der Waals surface area contributed by atoms with Gasteiger partial charge >= 0.3 is 5.76 Å². The van der Waals surface area contributed by atoms with E-state index in [0.717, 1.165) is 4.31 Å². The van der Waals surface area contributed by atoms with Gasteiger partial charge in [-0.1, -0.05) is 6.92 Å². The van der Waals surface area contributed by atoms with Gasteiger partial charge in [-0.2, -0.15) is 13.1 Å². The van der Waals surface area contributed by atoms with E-state index >= 15 is 0 Å². The summed E-state index contributed by atoms with van der Waals surface area (Å²) in [6.45, 7) is 4.03. The van der Waals surface area contributed by atoms with E-state index in [1.165, 1.54) is 0 Å². The number of hydrogen-bond acceptors (Lipinski definition) is 4. The molecule has 2 unspecified atom stereocenters. The molecule has 22 heavy (non-hydrogen) atoms. The lowest BCUT2D eigenvalue weighted by molar-refractivity contribution is -0.125. The normalized spacial score (nSPS) is 20.3. The Balaban J connectivity index is 0.00000441. The molecule has 1 fully saturated rings. The Bertz CT molecular complexity index is 455. The van der Waals surface area contributed by atoms with Crippen molar-refractivity contribution in [3.8, 4) is 0 Å². The molecule has 1 aliphatic heterocycles. The fraction of sp³-hybridized carbons (Fsp3) is 0.917. The van der Waals surface area contributed by atoms with Crippen molar-refractivity contribution >= 4 is 28.3 Å². The quantitative estimate of drug-likeness (QED) is 0.729. The van der Waals surface area contributed by atoms with Crippen molar-refractivity contribution in [2.45, 2.75) is 38.5 Å². The summed E-state index contributed by atoms with van der Waals surface area (Å²) in [6.07, 6.45) is 0.914. The maximum atomic E-state index is 12.4. The van der Waals surface area contributed by atoms with Gasteiger partial charge in [-0.05, 0) is 25.7 Å². The van der Waals surface area contributed by atoms with E-state index < -0.39 is 15.8 Å². The standard InChI is InChI=1S/C12H23F2N3O3S.ClH/c1-8(9(2)15)11(18)16-7-10-3-5-17(6-4-10)21(19,20)12(13)14;/h8-10,12H,3-7,15H2,1-2H3,(H,16,18);1H. The molecule has 1 heterocycles. The van der Waals surface area contributed by atoms with Gasteiger partial charge < -0.3 is 11.1 Å². The van der Waals surface area contributed by atoms with Crippen LogP contribution in [0.5, 0.6) is 0 Å². The van der Waals surface area contributed by atoms with Crippen molar-refractivity contribution < 1.29 is 22.0 Å². The Morgan fingerprint density at radius 3 is 2.23 bits per heavy atom. The molecule has 0 radical (unpaired) electrons. The van der Waals surface area contributed by atoms with Gasteiger partial charge in [0.2, 0.25) is 5.91 Å². The molecule has 10 heteroatoms. The molecule has 1 saturated heterocycles. The molecular formula is C12H24ClF2N3O3S. The van der Waals surface area contributed by atoms with E-state index in [-0.39, 0.29) is 49.3 Å². The third-order valence-electron chi connectivity index (χ3n) is 3.93. The fourth-order valence-electron chi connectivity index (χ4n) is 2.13. The molecule has 0 aromatic heterocycles. The lowest BCUT2D eigenvalue weighted by Crippen LogP contribution is -2.45. The Morgan fingerprint density at radius 1 is 1.32 bits per heavy atom. The maximum absolute atomic E-state index is 12.4. The van der Waals surface area contributed by atoms with Crippen LogP contribution in [0.1, 0.15) is 26.7 Å². The molecule has 132 valence electrons. The van der Waals surface area contributed by atoms with Crippen LogP contribution in [0.2, 0.25) is 0 Å². The number of carbonyl (C=O) groups is 1. The number of hydrogen-bond donors (Lipinski definition) is 2. The van der Waals surface area contributed by atoms with Crippen LogP contribution >= 0.6 is 12.4 Å². The molecule has 2 atom stereocenters. The maximum Gasteiger partial charge on any atom is 0.350 e. The van der Waals surface area contributed by atoms with Gasteiger partial charge in [0, 0.05) is 31.6 Å². The largest absolute Gasteiger partial charge is 0.356 e. The highest BCUT2D eigenvalue weighted by atomic mass is 35.5. The van der Waals surface area contributed by atoms with Gasteiger partial charge in [-0.3, -0.25) is 4.79 Å². The van der Waals surface area contributed by atoms with Crippen LogP contribution in [0.15, 0.2) is 0 Å². The zero-order chi connectivity index (χ0) is 16.2. The summed E-state index contributed by atoms with van der Waals surface area (Å²) in [5, 5.41) is 2.77. The van der Waals surface area contributed by atoms with E-state index in [0.29, 0.717) is 19.4 Å². The lowest BCUT2D eigenvalue weighted by atomic mass is 9.97. The third kappa shape index (κ3) is 5.60. The first-order chi connectivity index (χ1) is 9.66. The molecule has 0 aliphatic carbocycles. The van der Waals surface area contributed by atoms with Crippen molar-refractivity contribution in [2.24, 2.45) is 17.6 Å². The van der Waals surface area contributed by atoms with Crippen LogP contribution in [0.25, 0.3) is 0 Å². The number of nitrogens with zero attached hydrogens (tertiary/aromatic N) is 1. The Kier molecular flexibility index (Phi) is 8.74. The number of carbonyl (C=O) groups excluding carboxylic acids is 1. The second-order valence-electron chi connectivity index (χ2n) is 5.54. The second-order valence-corrected chi connectivity index (χ2v) is 7.44. The molecule has 3 N–H and O–H groups in total. The second kappa shape index (κ2) is 8.95. The Labute approximate surface area is 136 Å². The van der Waals surface area contributed by atoms with Crippen LogP contribution in [0, 0.1) is 11.8 Å². The summed E-state index contributed by atoms with van der Waals surface area (Å²) in [4.78, 5) is 11.7. The summed E-state index contributed by atoms with van der Waals surface area (Å²) < 4.78 is 48.3. The number of piperidine rings is 1. The number of sulfonamides is 1. The SMILES string of the molecule is CC(N)C(C)C(=O)NCC1CCN(S(=O)(=O)C(F)F)CC1.Cl. The summed E-state index contributed by atoms with van der Waals surface area (Å²) in [6, 6.07) is -0.247. The topological polar surface area (TPSA) is 92.5 Å². The van der Waals surface area contributed by atoms with E-state index in [9.17, 15) is 22.0 Å². The van der Waals surface area contributed by atoms with Crippen molar-refractivity contribution in [1.29, 1.82) is 0 Å². The van der Waals surface area contributed by atoms with Crippen LogP contribution in [0.4, 0.5) is 8.78 Å². The zero-order valence-corrected chi connectivity index (χ0v) is 14.3. The summed E-state index contributed by atoms with van der Waals surface area (Å²) in [7, 11) is -4.48. The van der Waals surface area contributed by atoms with Gasteiger partial charge in [-0.15, -0.1) is 12.4 Å². The highest BCUT2D eigenvalue weighted by molar-refractivity contribution is 7.89. The van der Waals surface area contributed by atoms with E-state index in [2.05, 4.69) is 5.32 Å². The molecule has 1 aliphatic rings. The van der Waals surface area contributed by atoms with Crippen LogP contribution in [-0.4, -0.2) is 50.1 Å². The molecule has 0 aromatic rings. The van der Waals surface area contributed by atoms with Gasteiger partial charge in [0.15, 0.2) is 0 Å². The van der Waals surface area contributed by atoms with E-state index in [1.54, 1.807) is 13.8 Å². The molecule has 0 aromatic carbocycles. The average molecular weight is 364 g/mol. The molecule has 6 nitrogen and oxygen atoms in total. The summed E-state index contributed by atoms with van der Waals surface area (Å²) in [5.74, 6) is -3.73. The molecular weight excluding hydrogens is 340 g/mol. The van der Waals surface area contributed by atoms with Crippen molar-refractivity contribution in [3.63, 3.8) is 0 Å². The van der Waals surface area contributed by atoms with Gasteiger partial charge in [0.05, 0.1) is 0 Å². The number of nitrogens with one attached hydrogen (secondary N) is 1. The van der Waals surface area contributed by atoms with Gasteiger partial charge in [-0.25, -0.2) is 8.42 Å². The number of nitrogens with two attached hydrogens (primary N) is 1. The van der Waals surface area contributed by atoms with Crippen LogP contribution in [0.3, 0.4) is 0 Å². The number of halogens is 3. The molecule has 0 spiro atoms. The first kappa shape index (κ1) is 21.5. The van der Waals surface area contributed by atoms with Crippen LogP contribution < -0.4 is 11.1 Å². The Hall–Kier alpha value is -0.510. The summed E-state index contributed by atoms with van der Waals surface area (Å²) >= 11 is 0. The molecule has 1 amide bonds. The number of amides is 1. The van der Waals surface area contributed by atoms with Crippen LogP contribution in [-0.2, 0) is 14.8 Å². The minimum atomic E-state index is -4.48. The monoisotopic (exact) mass is 363 g/mol. The minimum absolute atomic E-state index is 0. The van der Waals surface area contributed by atoms with Crippen molar-refractivity contribution in [1.82, 2.24) is 9.62 Å². The van der Waals surface area contributed by atoms with Gasteiger partial charge in [0.1, 0.15) is 0 Å². The van der Waals surface area contributed by atoms with Gasteiger partial charge in [0.25, 0.3) is 10.0 Å². The minimum Gasteiger partial charge on any atom is -0.356 e. The third-order valence-corrected chi connectivity index (χ3v) is 5.46. The smallest absolute Gasteiger partial charge is 0.350 e. The van der Waals surface area contributed by atoms with Crippen molar-refractivity contribution in [2.75, 3.05) is 19.6 Å². The van der Waals surface area contributed by atoms with Crippen molar-refractivity contribution in [3.05, 3.63) is 0 Å². The zero-order valence-electron chi connectivity index (χ0n) is 12.7. The van der Waals surface area contributed by atoms with E-state index in [1.807, 2.05) is 0 Å². The highest BCUT2D eigenvalue weighted by Crippen LogP contribution is 2.22. The summed E-state index contributed by atoms with van der Waals surface area (Å²) in [5.41, 5.74) is 5.63. The first-order valence-electron chi connectivity index (χ1n) is 6.96. The fourth-order valence-corrected chi connectivity index (χ4v) is 3.07.